The highest BCUT2D eigenvalue weighted by atomic mass is 19.4. The molecule has 0 heterocycles. The van der Waals surface area contributed by atoms with Crippen LogP contribution in [0.3, 0.4) is 0 Å². The Bertz CT molecular complexity index is 1140. The Kier molecular flexibility index (Phi) is 5.98. The van der Waals surface area contributed by atoms with Gasteiger partial charge in [0.25, 0.3) is 5.91 Å². The summed E-state index contributed by atoms with van der Waals surface area (Å²) < 4.78 is 78.5. The average Bonchev–Trinajstić information content (AvgIpc) is 2.72. The molecule has 0 aliphatic carbocycles. The van der Waals surface area contributed by atoms with E-state index in [0.717, 1.165) is 0 Å². The second kappa shape index (κ2) is 8.37. The van der Waals surface area contributed by atoms with Crippen molar-refractivity contribution >= 4 is 17.6 Å². The number of rotatable bonds is 4. The maximum absolute atomic E-state index is 13.1. The lowest BCUT2D eigenvalue weighted by Gasteiger charge is -2.16. The number of carboxylic acids is 1. The van der Waals surface area contributed by atoms with Gasteiger partial charge in [-0.1, -0.05) is 36.4 Å². The molecule has 3 rings (SSSR count). The number of hydrogen-bond acceptors (Lipinski definition) is 2. The van der Waals surface area contributed by atoms with E-state index in [0.29, 0.717) is 17.7 Å². The SMILES string of the molecule is O=C(O)c1cccc(C(=O)Nc2cc(C(F)(F)F)cc(C(F)(F)F)c2)c1-c1ccccc1. The minimum absolute atomic E-state index is 0.0267. The quantitative estimate of drug-likeness (QED) is 0.453. The highest BCUT2D eigenvalue weighted by Gasteiger charge is 2.37. The van der Waals surface area contributed by atoms with Crippen LogP contribution in [0, 0.1) is 0 Å². The van der Waals surface area contributed by atoms with Crippen LogP contribution in [-0.4, -0.2) is 17.0 Å². The molecule has 0 unspecified atom stereocenters. The Morgan fingerprint density at radius 2 is 1.25 bits per heavy atom. The Labute approximate surface area is 177 Å². The smallest absolute Gasteiger partial charge is 0.416 e. The summed E-state index contributed by atoms with van der Waals surface area (Å²) in [5.74, 6) is -2.43. The summed E-state index contributed by atoms with van der Waals surface area (Å²) in [7, 11) is 0. The van der Waals surface area contributed by atoms with Crippen LogP contribution in [0.15, 0.2) is 66.7 Å². The summed E-state index contributed by atoms with van der Waals surface area (Å²) in [4.78, 5) is 24.5. The maximum atomic E-state index is 13.1. The lowest BCUT2D eigenvalue weighted by Crippen LogP contribution is -2.17. The van der Waals surface area contributed by atoms with E-state index in [-0.39, 0.29) is 22.8 Å². The lowest BCUT2D eigenvalue weighted by molar-refractivity contribution is -0.143. The van der Waals surface area contributed by atoms with E-state index in [1.165, 1.54) is 30.3 Å². The fourth-order valence-corrected chi connectivity index (χ4v) is 3.06. The molecular weight excluding hydrogens is 440 g/mol. The van der Waals surface area contributed by atoms with Crippen LogP contribution in [0.25, 0.3) is 11.1 Å². The molecule has 0 aliphatic heterocycles. The van der Waals surface area contributed by atoms with Crippen LogP contribution in [-0.2, 0) is 12.4 Å². The first-order valence-corrected chi connectivity index (χ1v) is 8.90. The molecule has 3 aromatic rings. The molecule has 166 valence electrons. The van der Waals surface area contributed by atoms with Gasteiger partial charge in [-0.3, -0.25) is 4.79 Å². The number of carbonyl (C=O) groups is 2. The molecule has 0 aromatic heterocycles. The van der Waals surface area contributed by atoms with Gasteiger partial charge in [-0.05, 0) is 35.9 Å². The van der Waals surface area contributed by atoms with Gasteiger partial charge in [0.1, 0.15) is 0 Å². The zero-order chi connectivity index (χ0) is 23.7. The molecule has 0 saturated heterocycles. The van der Waals surface area contributed by atoms with Crippen LogP contribution in [0.1, 0.15) is 31.8 Å². The van der Waals surface area contributed by atoms with E-state index >= 15 is 0 Å². The minimum Gasteiger partial charge on any atom is -0.478 e. The largest absolute Gasteiger partial charge is 0.478 e. The molecular formula is C22H13F6NO3. The zero-order valence-electron chi connectivity index (χ0n) is 15.9. The molecule has 0 spiro atoms. The maximum Gasteiger partial charge on any atom is 0.416 e. The molecule has 10 heteroatoms. The van der Waals surface area contributed by atoms with Crippen LogP contribution >= 0.6 is 0 Å². The fourth-order valence-electron chi connectivity index (χ4n) is 3.06. The number of amides is 1. The summed E-state index contributed by atoms with van der Waals surface area (Å²) >= 11 is 0. The number of carboxylic acid groups (broad SMARTS) is 1. The second-order valence-corrected chi connectivity index (χ2v) is 6.65. The average molecular weight is 453 g/mol. The van der Waals surface area contributed by atoms with E-state index in [4.69, 9.17) is 0 Å². The summed E-state index contributed by atoms with van der Waals surface area (Å²) in [5, 5.41) is 11.5. The number of benzene rings is 3. The second-order valence-electron chi connectivity index (χ2n) is 6.65. The van der Waals surface area contributed by atoms with Gasteiger partial charge in [0.15, 0.2) is 0 Å². The summed E-state index contributed by atoms with van der Waals surface area (Å²) in [5.41, 5.74) is -4.12. The van der Waals surface area contributed by atoms with Crippen LogP contribution in [0.4, 0.5) is 32.0 Å². The molecule has 0 radical (unpaired) electrons. The van der Waals surface area contributed by atoms with Crippen molar-refractivity contribution in [2.75, 3.05) is 5.32 Å². The zero-order valence-corrected chi connectivity index (χ0v) is 15.9. The van der Waals surface area contributed by atoms with Crippen molar-refractivity contribution in [2.45, 2.75) is 12.4 Å². The molecule has 0 bridgehead atoms. The van der Waals surface area contributed by atoms with E-state index in [2.05, 4.69) is 0 Å². The molecule has 1 amide bonds. The summed E-state index contributed by atoms with van der Waals surface area (Å²) in [6.45, 7) is 0. The van der Waals surface area contributed by atoms with Crippen molar-refractivity contribution in [3.63, 3.8) is 0 Å². The number of hydrogen-bond donors (Lipinski definition) is 2. The van der Waals surface area contributed by atoms with Gasteiger partial charge in [0.2, 0.25) is 0 Å². The number of anilines is 1. The van der Waals surface area contributed by atoms with E-state index in [9.17, 15) is 41.0 Å². The van der Waals surface area contributed by atoms with Gasteiger partial charge in [-0.25, -0.2) is 4.79 Å². The summed E-state index contributed by atoms with van der Waals surface area (Å²) in [6, 6.07) is 12.2. The first kappa shape index (κ1) is 22.9. The molecule has 0 atom stereocenters. The van der Waals surface area contributed by atoms with Gasteiger partial charge in [0, 0.05) is 16.8 Å². The molecule has 4 nitrogen and oxygen atoms in total. The van der Waals surface area contributed by atoms with Gasteiger partial charge in [0.05, 0.1) is 16.7 Å². The van der Waals surface area contributed by atoms with Crippen molar-refractivity contribution in [2.24, 2.45) is 0 Å². The third kappa shape index (κ3) is 4.90. The minimum atomic E-state index is -5.08. The number of nitrogens with one attached hydrogen (secondary N) is 1. The van der Waals surface area contributed by atoms with Gasteiger partial charge in [-0.15, -0.1) is 0 Å². The predicted octanol–water partition coefficient (Wildman–Crippen LogP) is 6.34. The Morgan fingerprint density at radius 1 is 0.719 bits per heavy atom. The van der Waals surface area contributed by atoms with Crippen molar-refractivity contribution in [3.8, 4) is 11.1 Å². The number of halogens is 6. The topological polar surface area (TPSA) is 66.4 Å². The molecule has 2 N–H and O–H groups in total. The Hall–Kier alpha value is -3.82. The Morgan fingerprint density at radius 3 is 1.75 bits per heavy atom. The summed E-state index contributed by atoms with van der Waals surface area (Å²) in [6.07, 6.45) is -10.2. The van der Waals surface area contributed by atoms with Crippen molar-refractivity contribution < 1.29 is 41.0 Å². The molecule has 32 heavy (non-hydrogen) atoms. The highest BCUT2D eigenvalue weighted by Crippen LogP contribution is 2.38. The molecule has 3 aromatic carbocycles. The molecule has 0 aliphatic rings. The van der Waals surface area contributed by atoms with Crippen molar-refractivity contribution in [1.29, 1.82) is 0 Å². The molecule has 0 fully saturated rings. The van der Waals surface area contributed by atoms with E-state index < -0.39 is 41.0 Å². The number of aromatic carboxylic acids is 1. The van der Waals surface area contributed by atoms with Gasteiger partial charge in [-0.2, -0.15) is 26.3 Å². The fraction of sp³-hybridized carbons (Fsp3) is 0.0909. The van der Waals surface area contributed by atoms with Gasteiger partial charge >= 0.3 is 18.3 Å². The number of alkyl halides is 6. The van der Waals surface area contributed by atoms with Crippen LogP contribution < -0.4 is 5.32 Å². The van der Waals surface area contributed by atoms with Crippen LogP contribution in [0.2, 0.25) is 0 Å². The standard InChI is InChI=1S/C22H13F6NO3/c23-21(24,25)13-9-14(22(26,27)28)11-15(10-13)29-19(30)16-7-4-8-17(20(31)32)18(16)12-5-2-1-3-6-12/h1-11H,(H,29,30)(H,31,32). The molecule has 0 saturated carbocycles. The van der Waals surface area contributed by atoms with E-state index in [1.54, 1.807) is 18.2 Å². The van der Waals surface area contributed by atoms with Gasteiger partial charge < -0.3 is 10.4 Å². The normalized spacial score (nSPS) is 11.8. The third-order valence-corrected chi connectivity index (χ3v) is 4.45. The van der Waals surface area contributed by atoms with Crippen molar-refractivity contribution in [1.82, 2.24) is 0 Å². The number of carbonyl (C=O) groups excluding carboxylic acids is 1. The first-order valence-electron chi connectivity index (χ1n) is 8.90. The first-order chi connectivity index (χ1) is 14.9. The Balaban J connectivity index is 2.11. The predicted molar refractivity (Wildman–Crippen MR) is 103 cm³/mol. The monoisotopic (exact) mass is 453 g/mol. The van der Waals surface area contributed by atoms with E-state index in [1.807, 2.05) is 5.32 Å². The van der Waals surface area contributed by atoms with Crippen molar-refractivity contribution in [3.05, 3.63) is 89.0 Å². The highest BCUT2D eigenvalue weighted by molar-refractivity contribution is 6.12. The van der Waals surface area contributed by atoms with Crippen LogP contribution in [0.5, 0.6) is 0 Å². The lowest BCUT2D eigenvalue weighted by atomic mass is 9.93. The third-order valence-electron chi connectivity index (χ3n) is 4.45.